The number of carboxylic acid groups (broad SMARTS) is 1. The minimum atomic E-state index is -1.33. The number of rotatable bonds is 2. The number of nitrogens with one attached hydrogen (secondary N) is 1. The van der Waals surface area contributed by atoms with Gasteiger partial charge >= 0.3 is 5.97 Å². The number of aromatic amines is 1. The summed E-state index contributed by atoms with van der Waals surface area (Å²) < 4.78 is 0. The molecule has 0 radical (unpaired) electrons. The third-order valence-electron chi connectivity index (χ3n) is 2.11. The number of hydrogen-bond acceptors (Lipinski definition) is 2. The molecule has 1 rings (SSSR count). The van der Waals surface area contributed by atoms with E-state index in [0.29, 0.717) is 5.69 Å². The van der Waals surface area contributed by atoms with Crippen molar-refractivity contribution in [2.45, 2.75) is 26.3 Å². The second-order valence-corrected chi connectivity index (χ2v) is 3.52. The number of aryl methyl sites for hydroxylation is 2. The van der Waals surface area contributed by atoms with Crippen molar-refractivity contribution in [3.05, 3.63) is 23.0 Å². The van der Waals surface area contributed by atoms with Crippen LogP contribution in [0.4, 0.5) is 0 Å². The van der Waals surface area contributed by atoms with Gasteiger partial charge in [-0.1, -0.05) is 0 Å². The molecule has 13 heavy (non-hydrogen) atoms. The lowest BCUT2D eigenvalue weighted by Gasteiger charge is -2.18. The highest BCUT2D eigenvalue weighted by atomic mass is 16.4. The minimum absolute atomic E-state index is 0.567. The molecule has 4 N–H and O–H groups in total. The lowest BCUT2D eigenvalue weighted by molar-refractivity contribution is -0.143. The number of aromatic nitrogens is 1. The molecule has 1 atom stereocenters. The molecule has 0 unspecified atom stereocenters. The summed E-state index contributed by atoms with van der Waals surface area (Å²) in [5.41, 5.74) is 6.70. The first kappa shape index (κ1) is 9.80. The van der Waals surface area contributed by atoms with E-state index in [9.17, 15) is 4.79 Å². The van der Waals surface area contributed by atoms with E-state index in [2.05, 4.69) is 4.98 Å². The molecule has 0 amide bonds. The summed E-state index contributed by atoms with van der Waals surface area (Å²) in [6, 6.07) is 1.88. The topological polar surface area (TPSA) is 79.1 Å². The molecular weight excluding hydrogens is 168 g/mol. The molecule has 0 bridgehead atoms. The average Bonchev–Trinajstić information content (AvgIpc) is 2.30. The van der Waals surface area contributed by atoms with Crippen molar-refractivity contribution in [3.63, 3.8) is 0 Å². The maximum absolute atomic E-state index is 10.8. The molecule has 1 heterocycles. The van der Waals surface area contributed by atoms with Crippen LogP contribution in [0.25, 0.3) is 0 Å². The van der Waals surface area contributed by atoms with Gasteiger partial charge in [0.25, 0.3) is 0 Å². The SMILES string of the molecule is Cc1cc(C)c([C@@](C)(N)C(=O)O)[nH]1. The van der Waals surface area contributed by atoms with Gasteiger partial charge in [-0.25, -0.2) is 4.79 Å². The third kappa shape index (κ3) is 1.58. The number of carbonyl (C=O) groups is 1. The Labute approximate surface area is 76.8 Å². The lowest BCUT2D eigenvalue weighted by Crippen LogP contribution is -2.42. The van der Waals surface area contributed by atoms with Crippen molar-refractivity contribution in [1.29, 1.82) is 0 Å². The Kier molecular flexibility index (Phi) is 2.17. The third-order valence-corrected chi connectivity index (χ3v) is 2.11. The number of aliphatic carboxylic acids is 1. The molecular formula is C9H14N2O2. The summed E-state index contributed by atoms with van der Waals surface area (Å²) in [5, 5.41) is 8.88. The zero-order valence-corrected chi connectivity index (χ0v) is 8.01. The van der Waals surface area contributed by atoms with E-state index in [1.165, 1.54) is 6.92 Å². The van der Waals surface area contributed by atoms with Crippen molar-refractivity contribution in [2.24, 2.45) is 5.73 Å². The lowest BCUT2D eigenvalue weighted by atomic mass is 9.97. The fraction of sp³-hybridized carbons (Fsp3) is 0.444. The zero-order chi connectivity index (χ0) is 10.2. The highest BCUT2D eigenvalue weighted by Crippen LogP contribution is 2.21. The van der Waals surface area contributed by atoms with Crippen LogP contribution in [0.5, 0.6) is 0 Å². The zero-order valence-electron chi connectivity index (χ0n) is 8.01. The number of nitrogens with two attached hydrogens (primary N) is 1. The van der Waals surface area contributed by atoms with Crippen LogP contribution in [-0.2, 0) is 10.3 Å². The fourth-order valence-corrected chi connectivity index (χ4v) is 1.38. The fourth-order valence-electron chi connectivity index (χ4n) is 1.38. The highest BCUT2D eigenvalue weighted by molar-refractivity contribution is 5.79. The molecule has 0 spiro atoms. The van der Waals surface area contributed by atoms with Gasteiger partial charge in [0.1, 0.15) is 0 Å². The van der Waals surface area contributed by atoms with Crippen molar-refractivity contribution in [1.82, 2.24) is 4.98 Å². The van der Waals surface area contributed by atoms with Crippen molar-refractivity contribution >= 4 is 5.97 Å². The maximum atomic E-state index is 10.8. The van der Waals surface area contributed by atoms with Crippen LogP contribution in [0.1, 0.15) is 23.9 Å². The first-order valence-corrected chi connectivity index (χ1v) is 4.04. The Hall–Kier alpha value is -1.29. The molecule has 0 saturated heterocycles. The summed E-state index contributed by atoms with van der Waals surface area (Å²) in [4.78, 5) is 13.8. The van der Waals surface area contributed by atoms with E-state index in [1.807, 2.05) is 19.9 Å². The summed E-state index contributed by atoms with van der Waals surface area (Å²) in [6.45, 7) is 5.19. The van der Waals surface area contributed by atoms with Crippen molar-refractivity contribution < 1.29 is 9.90 Å². The number of hydrogen-bond donors (Lipinski definition) is 3. The predicted octanol–water partition coefficient (Wildman–Crippen LogP) is 0.890. The highest BCUT2D eigenvalue weighted by Gasteiger charge is 2.33. The van der Waals surface area contributed by atoms with Crippen LogP contribution in [0.15, 0.2) is 6.07 Å². The maximum Gasteiger partial charge on any atom is 0.329 e. The van der Waals surface area contributed by atoms with E-state index in [0.717, 1.165) is 11.3 Å². The molecule has 0 fully saturated rings. The standard InChI is InChI=1S/C9H14N2O2/c1-5-4-6(2)11-7(5)9(3,10)8(12)13/h4,11H,10H2,1-3H3,(H,12,13)/t9-/m1/s1. The second kappa shape index (κ2) is 2.88. The van der Waals surface area contributed by atoms with Crippen LogP contribution < -0.4 is 5.73 Å². The predicted molar refractivity (Wildman–Crippen MR) is 49.4 cm³/mol. The van der Waals surface area contributed by atoms with Gasteiger partial charge in [-0.2, -0.15) is 0 Å². The van der Waals surface area contributed by atoms with Gasteiger partial charge in [-0.15, -0.1) is 0 Å². The molecule has 0 saturated carbocycles. The summed E-state index contributed by atoms with van der Waals surface area (Å²) >= 11 is 0. The molecule has 1 aromatic rings. The Bertz CT molecular complexity index is 339. The molecule has 1 aromatic heterocycles. The smallest absolute Gasteiger partial charge is 0.329 e. The first-order valence-electron chi connectivity index (χ1n) is 4.04. The second-order valence-electron chi connectivity index (χ2n) is 3.52. The van der Waals surface area contributed by atoms with E-state index < -0.39 is 11.5 Å². The average molecular weight is 182 g/mol. The summed E-state index contributed by atoms with van der Waals surface area (Å²) in [7, 11) is 0. The molecule has 0 aliphatic carbocycles. The van der Waals surface area contributed by atoms with E-state index in [1.54, 1.807) is 0 Å². The van der Waals surface area contributed by atoms with Crippen molar-refractivity contribution in [2.75, 3.05) is 0 Å². The molecule has 4 heteroatoms. The van der Waals surface area contributed by atoms with Crippen LogP contribution in [-0.4, -0.2) is 16.1 Å². The van der Waals surface area contributed by atoms with E-state index in [4.69, 9.17) is 10.8 Å². The van der Waals surface area contributed by atoms with Gasteiger partial charge in [0, 0.05) is 11.4 Å². The monoisotopic (exact) mass is 182 g/mol. The van der Waals surface area contributed by atoms with Gasteiger partial charge < -0.3 is 15.8 Å². The Morgan fingerprint density at radius 1 is 1.62 bits per heavy atom. The summed E-state index contributed by atoms with van der Waals surface area (Å²) in [5.74, 6) is -1.03. The quantitative estimate of drug-likeness (QED) is 0.635. The van der Waals surface area contributed by atoms with Crippen LogP contribution >= 0.6 is 0 Å². The molecule has 4 nitrogen and oxygen atoms in total. The molecule has 72 valence electrons. The molecule has 0 aromatic carbocycles. The largest absolute Gasteiger partial charge is 0.480 e. The normalized spacial score (nSPS) is 15.4. The number of H-pyrrole nitrogens is 1. The molecule has 0 aliphatic rings. The van der Waals surface area contributed by atoms with E-state index in [-0.39, 0.29) is 0 Å². The van der Waals surface area contributed by atoms with Gasteiger partial charge in [0.05, 0.1) is 0 Å². The van der Waals surface area contributed by atoms with Crippen molar-refractivity contribution in [3.8, 4) is 0 Å². The molecule has 0 aliphatic heterocycles. The first-order chi connectivity index (χ1) is 5.85. The van der Waals surface area contributed by atoms with Crippen LogP contribution in [0.3, 0.4) is 0 Å². The van der Waals surface area contributed by atoms with Crippen LogP contribution in [0, 0.1) is 13.8 Å². The van der Waals surface area contributed by atoms with Gasteiger partial charge in [-0.05, 0) is 32.4 Å². The Morgan fingerprint density at radius 3 is 2.46 bits per heavy atom. The van der Waals surface area contributed by atoms with E-state index >= 15 is 0 Å². The van der Waals surface area contributed by atoms with Crippen LogP contribution in [0.2, 0.25) is 0 Å². The minimum Gasteiger partial charge on any atom is -0.480 e. The Balaban J connectivity index is 3.21. The van der Waals surface area contributed by atoms with Gasteiger partial charge in [0.15, 0.2) is 5.54 Å². The van der Waals surface area contributed by atoms with Gasteiger partial charge in [-0.3, -0.25) is 0 Å². The summed E-state index contributed by atoms with van der Waals surface area (Å²) in [6.07, 6.45) is 0. The number of carboxylic acids is 1. The Morgan fingerprint density at radius 2 is 2.15 bits per heavy atom. The van der Waals surface area contributed by atoms with Gasteiger partial charge in [0.2, 0.25) is 0 Å².